The molecular weight excluding hydrogens is 230 g/mol. The van der Waals surface area contributed by atoms with Crippen LogP contribution in [-0.2, 0) is 4.74 Å². The molecule has 102 valence electrons. The van der Waals surface area contributed by atoms with Crippen LogP contribution in [0.5, 0.6) is 0 Å². The number of nitrogens with one attached hydrogen (secondary N) is 1. The van der Waals surface area contributed by atoms with Crippen LogP contribution in [0, 0.1) is 0 Å². The molecule has 0 aromatic heterocycles. The Balaban J connectivity index is 2.17. The minimum atomic E-state index is 0.343. The molecule has 0 heterocycles. The normalized spacial score (nSPS) is 19.8. The van der Waals surface area contributed by atoms with Crippen LogP contribution < -0.4 is 5.32 Å². The summed E-state index contributed by atoms with van der Waals surface area (Å²) in [5.41, 5.74) is 0. The number of ether oxygens (including phenoxy) is 1. The van der Waals surface area contributed by atoms with Gasteiger partial charge in [-0.05, 0) is 33.2 Å². The molecule has 1 aliphatic carbocycles. The summed E-state index contributed by atoms with van der Waals surface area (Å²) in [5, 5.41) is 4.44. The Labute approximate surface area is 111 Å². The molecule has 1 fully saturated rings. The van der Waals surface area contributed by atoms with E-state index in [1.807, 2.05) is 0 Å². The van der Waals surface area contributed by atoms with E-state index in [0.29, 0.717) is 12.1 Å². The van der Waals surface area contributed by atoms with Crippen LogP contribution in [0.2, 0.25) is 0 Å². The molecule has 1 saturated carbocycles. The van der Waals surface area contributed by atoms with Crippen LogP contribution in [0.25, 0.3) is 0 Å². The van der Waals surface area contributed by atoms with Crippen LogP contribution in [0.15, 0.2) is 0 Å². The molecular formula is C14H29NOS. The standard InChI is InChI=1S/C14H29NOS/c1-4-15-13(10-16-12(2)3)11-17-14-8-6-5-7-9-14/h12-15H,4-11H2,1-3H3. The van der Waals surface area contributed by atoms with Crippen molar-refractivity contribution in [1.29, 1.82) is 0 Å². The van der Waals surface area contributed by atoms with Gasteiger partial charge in [-0.1, -0.05) is 26.2 Å². The van der Waals surface area contributed by atoms with Crippen molar-refractivity contribution in [3.63, 3.8) is 0 Å². The molecule has 1 aliphatic rings. The van der Waals surface area contributed by atoms with Gasteiger partial charge in [-0.2, -0.15) is 11.8 Å². The molecule has 1 N–H and O–H groups in total. The second kappa shape index (κ2) is 9.23. The average molecular weight is 259 g/mol. The topological polar surface area (TPSA) is 21.3 Å². The van der Waals surface area contributed by atoms with Crippen molar-refractivity contribution in [3.8, 4) is 0 Å². The van der Waals surface area contributed by atoms with Gasteiger partial charge in [0, 0.05) is 17.0 Å². The van der Waals surface area contributed by atoms with E-state index in [4.69, 9.17) is 4.74 Å². The second-order valence-corrected chi connectivity index (χ2v) is 6.56. The van der Waals surface area contributed by atoms with E-state index in [1.54, 1.807) is 0 Å². The molecule has 0 aliphatic heterocycles. The van der Waals surface area contributed by atoms with E-state index in [1.165, 1.54) is 37.9 Å². The van der Waals surface area contributed by atoms with Crippen LogP contribution in [-0.4, -0.2) is 36.3 Å². The molecule has 0 spiro atoms. The molecule has 17 heavy (non-hydrogen) atoms. The molecule has 2 nitrogen and oxygen atoms in total. The Kier molecular flexibility index (Phi) is 8.33. The van der Waals surface area contributed by atoms with Gasteiger partial charge < -0.3 is 10.1 Å². The lowest BCUT2D eigenvalue weighted by Gasteiger charge is -2.25. The summed E-state index contributed by atoms with van der Waals surface area (Å²) >= 11 is 2.15. The van der Waals surface area contributed by atoms with Gasteiger partial charge in [0.05, 0.1) is 12.7 Å². The minimum Gasteiger partial charge on any atom is -0.377 e. The largest absolute Gasteiger partial charge is 0.377 e. The zero-order valence-electron chi connectivity index (χ0n) is 11.7. The first kappa shape index (κ1) is 15.3. The number of rotatable bonds is 8. The van der Waals surface area contributed by atoms with Crippen molar-refractivity contribution < 1.29 is 4.74 Å². The summed E-state index contributed by atoms with van der Waals surface area (Å²) in [6.45, 7) is 8.28. The van der Waals surface area contributed by atoms with Crippen LogP contribution >= 0.6 is 11.8 Å². The van der Waals surface area contributed by atoms with Gasteiger partial charge >= 0.3 is 0 Å². The van der Waals surface area contributed by atoms with Crippen molar-refractivity contribution in [3.05, 3.63) is 0 Å². The molecule has 1 atom stereocenters. The first-order chi connectivity index (χ1) is 8.22. The first-order valence-corrected chi connectivity index (χ1v) is 8.23. The summed E-state index contributed by atoms with van der Waals surface area (Å²) in [6.07, 6.45) is 7.52. The summed E-state index contributed by atoms with van der Waals surface area (Å²) in [7, 11) is 0. The Morgan fingerprint density at radius 3 is 2.53 bits per heavy atom. The highest BCUT2D eigenvalue weighted by molar-refractivity contribution is 7.99. The van der Waals surface area contributed by atoms with E-state index >= 15 is 0 Å². The third-order valence-electron chi connectivity index (χ3n) is 3.21. The van der Waals surface area contributed by atoms with E-state index in [2.05, 4.69) is 37.8 Å². The molecule has 1 unspecified atom stereocenters. The van der Waals surface area contributed by atoms with Crippen molar-refractivity contribution in [1.82, 2.24) is 5.32 Å². The average Bonchev–Trinajstić information content (AvgIpc) is 2.34. The van der Waals surface area contributed by atoms with Crippen LogP contribution in [0.3, 0.4) is 0 Å². The van der Waals surface area contributed by atoms with Crippen molar-refractivity contribution in [2.45, 2.75) is 70.3 Å². The van der Waals surface area contributed by atoms with Crippen molar-refractivity contribution in [2.75, 3.05) is 18.9 Å². The van der Waals surface area contributed by atoms with Gasteiger partial charge in [0.15, 0.2) is 0 Å². The highest BCUT2D eigenvalue weighted by Crippen LogP contribution is 2.28. The Morgan fingerprint density at radius 2 is 1.94 bits per heavy atom. The number of thioether (sulfide) groups is 1. The fourth-order valence-electron chi connectivity index (χ4n) is 2.25. The third kappa shape index (κ3) is 7.32. The van der Waals surface area contributed by atoms with Gasteiger partial charge in [-0.15, -0.1) is 0 Å². The maximum Gasteiger partial charge on any atom is 0.0631 e. The lowest BCUT2D eigenvalue weighted by molar-refractivity contribution is 0.0657. The smallest absolute Gasteiger partial charge is 0.0631 e. The van der Waals surface area contributed by atoms with Gasteiger partial charge in [0.25, 0.3) is 0 Å². The SMILES string of the molecule is CCNC(COC(C)C)CSC1CCCCC1. The summed E-state index contributed by atoms with van der Waals surface area (Å²) in [6, 6.07) is 0.523. The Hall–Kier alpha value is 0.270. The van der Waals surface area contributed by atoms with Crippen LogP contribution in [0.1, 0.15) is 52.9 Å². The fraction of sp³-hybridized carbons (Fsp3) is 1.00. The highest BCUT2D eigenvalue weighted by atomic mass is 32.2. The van der Waals surface area contributed by atoms with Gasteiger partial charge in [-0.25, -0.2) is 0 Å². The zero-order chi connectivity index (χ0) is 12.5. The summed E-state index contributed by atoms with van der Waals surface area (Å²) < 4.78 is 5.72. The Morgan fingerprint density at radius 1 is 1.24 bits per heavy atom. The molecule has 3 heteroatoms. The van der Waals surface area contributed by atoms with E-state index in [0.717, 1.165) is 18.4 Å². The van der Waals surface area contributed by atoms with Gasteiger partial charge in [0.2, 0.25) is 0 Å². The zero-order valence-corrected chi connectivity index (χ0v) is 12.5. The Bertz CT molecular complexity index is 181. The summed E-state index contributed by atoms with van der Waals surface area (Å²) in [5.74, 6) is 1.20. The number of likely N-dealkylation sites (N-methyl/N-ethyl adjacent to an activating group) is 1. The number of hydrogen-bond donors (Lipinski definition) is 1. The third-order valence-corrected chi connectivity index (χ3v) is 4.75. The van der Waals surface area contributed by atoms with Crippen molar-refractivity contribution >= 4 is 11.8 Å². The highest BCUT2D eigenvalue weighted by Gasteiger charge is 2.16. The summed E-state index contributed by atoms with van der Waals surface area (Å²) in [4.78, 5) is 0. The maximum absolute atomic E-state index is 5.72. The monoisotopic (exact) mass is 259 g/mol. The molecule has 0 saturated heterocycles. The van der Waals surface area contributed by atoms with Gasteiger partial charge in [0.1, 0.15) is 0 Å². The van der Waals surface area contributed by atoms with E-state index in [-0.39, 0.29) is 0 Å². The van der Waals surface area contributed by atoms with Crippen molar-refractivity contribution in [2.24, 2.45) is 0 Å². The molecule has 0 radical (unpaired) electrons. The molecule has 0 amide bonds. The lowest BCUT2D eigenvalue weighted by atomic mass is 10.0. The maximum atomic E-state index is 5.72. The van der Waals surface area contributed by atoms with Gasteiger partial charge in [-0.3, -0.25) is 0 Å². The molecule has 1 rings (SSSR count). The fourth-order valence-corrected chi connectivity index (χ4v) is 3.63. The quantitative estimate of drug-likeness (QED) is 0.721. The predicted molar refractivity (Wildman–Crippen MR) is 77.9 cm³/mol. The molecule has 0 bridgehead atoms. The first-order valence-electron chi connectivity index (χ1n) is 7.19. The molecule has 0 aromatic rings. The second-order valence-electron chi connectivity index (χ2n) is 5.23. The van der Waals surface area contributed by atoms with E-state index in [9.17, 15) is 0 Å². The predicted octanol–water partition coefficient (Wildman–Crippen LogP) is 3.46. The minimum absolute atomic E-state index is 0.343. The van der Waals surface area contributed by atoms with Crippen LogP contribution in [0.4, 0.5) is 0 Å². The molecule has 0 aromatic carbocycles. The number of hydrogen-bond acceptors (Lipinski definition) is 3. The lowest BCUT2D eigenvalue weighted by Crippen LogP contribution is -2.37. The van der Waals surface area contributed by atoms with E-state index < -0.39 is 0 Å².